The number of amides is 1. The van der Waals surface area contributed by atoms with Crippen molar-refractivity contribution in [3.63, 3.8) is 0 Å². The van der Waals surface area contributed by atoms with Crippen LogP contribution >= 0.6 is 11.6 Å². The molecule has 1 amide bonds. The van der Waals surface area contributed by atoms with E-state index in [1.54, 1.807) is 29.3 Å². The first-order chi connectivity index (χ1) is 20.9. The summed E-state index contributed by atoms with van der Waals surface area (Å²) in [5, 5.41) is 9.75. The van der Waals surface area contributed by atoms with Crippen LogP contribution in [0, 0.1) is 19.3 Å². The molecule has 0 radical (unpaired) electrons. The Morgan fingerprint density at radius 3 is 2.57 bits per heavy atom. The minimum absolute atomic E-state index is 0.0486. The summed E-state index contributed by atoms with van der Waals surface area (Å²) < 4.78 is 12.2. The van der Waals surface area contributed by atoms with E-state index in [1.807, 2.05) is 46.8 Å². The van der Waals surface area contributed by atoms with Gasteiger partial charge in [-0.05, 0) is 77.6 Å². The molecule has 0 saturated carbocycles. The minimum Gasteiger partial charge on any atom is -0.492 e. The molecule has 5 rings (SSSR count). The number of fused-ring (bicyclic) bond motifs is 1. The lowest BCUT2D eigenvalue weighted by Crippen LogP contribution is -2.46. The van der Waals surface area contributed by atoms with Crippen LogP contribution < -0.4 is 10.3 Å². The molecule has 230 valence electrons. The number of aryl methyl sites for hydroxylation is 2. The molecule has 10 heteroatoms. The predicted octanol–water partition coefficient (Wildman–Crippen LogP) is 7.23. The number of likely N-dealkylation sites (tertiary alicyclic amines) is 1. The third-order valence-electron chi connectivity index (χ3n) is 7.62. The van der Waals surface area contributed by atoms with E-state index in [1.165, 1.54) is 6.33 Å². The van der Waals surface area contributed by atoms with Crippen molar-refractivity contribution in [2.24, 2.45) is 0 Å². The number of carbonyl (C=O) groups is 1. The van der Waals surface area contributed by atoms with E-state index in [0.717, 1.165) is 36.0 Å². The van der Waals surface area contributed by atoms with Crippen molar-refractivity contribution < 1.29 is 14.3 Å². The molecular formula is C34H38ClN5O4. The lowest BCUT2D eigenvalue weighted by Gasteiger charge is -2.36. The number of nitrogens with one attached hydrogen (secondary N) is 2. The summed E-state index contributed by atoms with van der Waals surface area (Å²) in [7, 11) is 0. The van der Waals surface area contributed by atoms with Crippen molar-refractivity contribution in [2.45, 2.75) is 71.9 Å². The molecule has 1 aliphatic heterocycles. The van der Waals surface area contributed by atoms with Crippen molar-refractivity contribution >= 4 is 34.3 Å². The summed E-state index contributed by atoms with van der Waals surface area (Å²) in [6.45, 7) is 10.5. The number of rotatable bonds is 7. The van der Waals surface area contributed by atoms with Gasteiger partial charge in [-0.15, -0.1) is 0 Å². The number of hydrogen-bond acceptors (Lipinski definition) is 7. The number of halogens is 1. The normalized spacial score (nSPS) is 15.3. The maximum Gasteiger partial charge on any atom is 0.410 e. The smallest absolute Gasteiger partial charge is 0.410 e. The summed E-state index contributed by atoms with van der Waals surface area (Å²) >= 11 is 6.65. The standard InChI is InChI=1S/C34H38ClN5O4/c1-20-14-21(2)16-22(15-20)29-31(43-13-10-23-8-6-7-12-40(23)33(42)44-34(3,4)5)25-17-24(26(35)18-28(25)39-32(29)41)30(36)27-9-11-37-19-38-27/h9,11,14-19,23,36H,6-8,10,12-13H2,1-5H3,(H,39,41). The SMILES string of the molecule is Cc1cc(C)cc(-c2c(OCCC3CCCCN3C(=O)OC(C)(C)C)c3cc(C(=N)c4ccncn4)c(Cl)cc3[nH]c2=O)c1. The molecule has 2 N–H and O–H groups in total. The topological polar surface area (TPSA) is 121 Å². The molecule has 3 heterocycles. The van der Waals surface area contributed by atoms with Crippen LogP contribution in [0.4, 0.5) is 4.79 Å². The number of hydrogen-bond donors (Lipinski definition) is 2. The second kappa shape index (κ2) is 12.8. The molecule has 1 aliphatic rings. The van der Waals surface area contributed by atoms with E-state index in [-0.39, 0.29) is 30.0 Å². The van der Waals surface area contributed by atoms with Gasteiger partial charge >= 0.3 is 6.09 Å². The molecule has 1 unspecified atom stereocenters. The average molecular weight is 616 g/mol. The third kappa shape index (κ3) is 6.94. The zero-order valence-corrected chi connectivity index (χ0v) is 26.5. The third-order valence-corrected chi connectivity index (χ3v) is 7.94. The predicted molar refractivity (Wildman–Crippen MR) is 173 cm³/mol. The van der Waals surface area contributed by atoms with Crippen LogP contribution in [0.1, 0.15) is 68.8 Å². The van der Waals surface area contributed by atoms with Gasteiger partial charge in [0.05, 0.1) is 34.1 Å². The fourth-order valence-electron chi connectivity index (χ4n) is 5.75. The highest BCUT2D eigenvalue weighted by molar-refractivity contribution is 6.36. The number of carbonyl (C=O) groups excluding carboxylic acids is 1. The van der Waals surface area contributed by atoms with E-state index < -0.39 is 5.60 Å². The Balaban J connectivity index is 1.56. The summed E-state index contributed by atoms with van der Waals surface area (Å²) in [6, 6.07) is 11.0. The van der Waals surface area contributed by atoms with Gasteiger partial charge in [0.15, 0.2) is 0 Å². The number of aromatic nitrogens is 3. The Morgan fingerprint density at radius 2 is 1.89 bits per heavy atom. The van der Waals surface area contributed by atoms with E-state index in [2.05, 4.69) is 21.0 Å². The van der Waals surface area contributed by atoms with E-state index in [0.29, 0.717) is 51.5 Å². The van der Waals surface area contributed by atoms with Crippen LogP contribution in [0.25, 0.3) is 22.0 Å². The van der Waals surface area contributed by atoms with Crippen LogP contribution in [0.15, 0.2) is 53.7 Å². The lowest BCUT2D eigenvalue weighted by molar-refractivity contribution is 0.00745. The van der Waals surface area contributed by atoms with Crippen LogP contribution in [0.5, 0.6) is 5.75 Å². The molecule has 2 aromatic heterocycles. The van der Waals surface area contributed by atoms with Gasteiger partial charge in [0.25, 0.3) is 5.56 Å². The fraction of sp³-hybridized carbons (Fsp3) is 0.382. The van der Waals surface area contributed by atoms with E-state index in [4.69, 9.17) is 26.5 Å². The number of pyridine rings is 1. The summed E-state index contributed by atoms with van der Waals surface area (Å²) in [5.74, 6) is 0.404. The number of H-pyrrole nitrogens is 1. The molecule has 0 bridgehead atoms. The first kappa shape index (κ1) is 31.2. The van der Waals surface area contributed by atoms with Gasteiger partial charge in [0, 0.05) is 36.2 Å². The van der Waals surface area contributed by atoms with Crippen LogP contribution in [0.3, 0.4) is 0 Å². The average Bonchev–Trinajstić information content (AvgIpc) is 2.95. The number of benzene rings is 2. The molecule has 0 aliphatic carbocycles. The molecule has 0 spiro atoms. The fourth-order valence-corrected chi connectivity index (χ4v) is 6.00. The maximum absolute atomic E-state index is 13.7. The number of piperidine rings is 1. The molecule has 44 heavy (non-hydrogen) atoms. The lowest BCUT2D eigenvalue weighted by atomic mass is 9.97. The van der Waals surface area contributed by atoms with E-state index in [9.17, 15) is 9.59 Å². The Hall–Kier alpha value is -4.24. The van der Waals surface area contributed by atoms with Crippen molar-refractivity contribution in [1.29, 1.82) is 5.41 Å². The zero-order chi connectivity index (χ0) is 31.6. The second-order valence-corrected chi connectivity index (χ2v) is 12.7. The van der Waals surface area contributed by atoms with Crippen molar-refractivity contribution in [3.8, 4) is 16.9 Å². The first-order valence-corrected chi connectivity index (χ1v) is 15.2. The van der Waals surface area contributed by atoms with Gasteiger partial charge in [0.2, 0.25) is 0 Å². The molecular weight excluding hydrogens is 578 g/mol. The maximum atomic E-state index is 13.7. The molecule has 4 aromatic rings. The number of nitrogens with zero attached hydrogens (tertiary/aromatic N) is 3. The minimum atomic E-state index is -0.584. The zero-order valence-electron chi connectivity index (χ0n) is 25.8. The van der Waals surface area contributed by atoms with Gasteiger partial charge in [-0.25, -0.2) is 14.8 Å². The van der Waals surface area contributed by atoms with Gasteiger partial charge < -0.3 is 19.4 Å². The molecule has 1 saturated heterocycles. The van der Waals surface area contributed by atoms with Crippen LogP contribution in [-0.4, -0.2) is 56.5 Å². The highest BCUT2D eigenvalue weighted by atomic mass is 35.5. The Labute approximate surface area is 262 Å². The highest BCUT2D eigenvalue weighted by Gasteiger charge is 2.30. The molecule has 1 fully saturated rings. The van der Waals surface area contributed by atoms with Crippen LogP contribution in [-0.2, 0) is 4.74 Å². The second-order valence-electron chi connectivity index (χ2n) is 12.3. The Kier molecular flexibility index (Phi) is 9.06. The number of ether oxygens (including phenoxy) is 2. The molecule has 2 aromatic carbocycles. The first-order valence-electron chi connectivity index (χ1n) is 14.9. The number of aromatic amines is 1. The van der Waals surface area contributed by atoms with Crippen molar-refractivity contribution in [2.75, 3.05) is 13.2 Å². The molecule has 9 nitrogen and oxygen atoms in total. The quantitative estimate of drug-likeness (QED) is 0.212. The van der Waals surface area contributed by atoms with Gasteiger partial charge in [-0.2, -0.15) is 0 Å². The van der Waals surface area contributed by atoms with Crippen LogP contribution in [0.2, 0.25) is 5.02 Å². The Morgan fingerprint density at radius 1 is 1.14 bits per heavy atom. The summed E-state index contributed by atoms with van der Waals surface area (Å²) in [5.41, 5.74) is 3.77. The van der Waals surface area contributed by atoms with Gasteiger partial charge in [-0.1, -0.05) is 40.9 Å². The van der Waals surface area contributed by atoms with Crippen molar-refractivity contribution in [3.05, 3.63) is 86.7 Å². The largest absolute Gasteiger partial charge is 0.492 e. The summed E-state index contributed by atoms with van der Waals surface area (Å²) in [4.78, 5) is 39.6. The summed E-state index contributed by atoms with van der Waals surface area (Å²) in [6.07, 6.45) is 5.99. The van der Waals surface area contributed by atoms with Crippen molar-refractivity contribution in [1.82, 2.24) is 19.9 Å². The monoisotopic (exact) mass is 615 g/mol. The van der Waals surface area contributed by atoms with Gasteiger partial charge in [0.1, 0.15) is 17.7 Å². The highest BCUT2D eigenvalue weighted by Crippen LogP contribution is 2.37. The Bertz CT molecular complexity index is 1740. The van der Waals surface area contributed by atoms with Gasteiger partial charge in [-0.3, -0.25) is 10.2 Å². The van der Waals surface area contributed by atoms with E-state index >= 15 is 0 Å². The molecule has 1 atom stereocenters.